The minimum atomic E-state index is -0.747. The highest BCUT2D eigenvalue weighted by Crippen LogP contribution is 2.37. The van der Waals surface area contributed by atoms with Crippen LogP contribution in [0.2, 0.25) is 10.0 Å². The van der Waals surface area contributed by atoms with E-state index in [0.717, 1.165) is 0 Å². The van der Waals surface area contributed by atoms with Crippen LogP contribution in [0, 0.1) is 0 Å². The topological polar surface area (TPSA) is 126 Å². The number of ether oxygens (including phenoxy) is 2. The number of methoxy groups -OCH3 is 2. The average molecular weight is 534 g/mol. The van der Waals surface area contributed by atoms with Crippen LogP contribution < -0.4 is 20.1 Å². The minimum absolute atomic E-state index is 0.000484. The lowest BCUT2D eigenvalue weighted by Gasteiger charge is -2.19. The Morgan fingerprint density at radius 3 is 2.31 bits per heavy atom. The van der Waals surface area contributed by atoms with Gasteiger partial charge in [-0.15, -0.1) is 5.11 Å². The van der Waals surface area contributed by atoms with Gasteiger partial charge in [0.05, 0.1) is 19.9 Å². The van der Waals surface area contributed by atoms with Crippen molar-refractivity contribution in [1.82, 2.24) is 5.59 Å². The van der Waals surface area contributed by atoms with Gasteiger partial charge in [-0.1, -0.05) is 28.8 Å². The van der Waals surface area contributed by atoms with Crippen LogP contribution >= 0.6 is 23.2 Å². The molecule has 14 heteroatoms. The third-order valence-corrected chi connectivity index (χ3v) is 5.52. The molecule has 4 rings (SSSR count). The Labute approximate surface area is 214 Å². The van der Waals surface area contributed by atoms with E-state index in [2.05, 4.69) is 21.1 Å². The largest absolute Gasteiger partial charge is 0.494 e. The number of nitrogens with zero attached hydrogens (tertiary/aromatic N) is 5. The summed E-state index contributed by atoms with van der Waals surface area (Å²) in [4.78, 5) is 34.7. The van der Waals surface area contributed by atoms with Crippen LogP contribution in [0.3, 0.4) is 0 Å². The van der Waals surface area contributed by atoms with Gasteiger partial charge in [0.1, 0.15) is 17.1 Å². The molecule has 0 bridgehead atoms. The molecule has 2 aliphatic rings. The molecule has 0 saturated carbocycles. The Balaban J connectivity index is 1.71. The number of azo groups is 1. The van der Waals surface area contributed by atoms with Crippen molar-refractivity contribution < 1.29 is 33.4 Å². The summed E-state index contributed by atoms with van der Waals surface area (Å²) >= 11 is 12.1. The molecule has 0 atom stereocenters. The maximum Gasteiger partial charge on any atom is 0.439 e. The monoisotopic (exact) mass is 533 g/mol. The molecule has 0 aromatic heterocycles. The average Bonchev–Trinajstić information content (AvgIpc) is 3.44. The predicted octanol–water partition coefficient (Wildman–Crippen LogP) is 4.98. The normalized spacial score (nSPS) is 18.3. The van der Waals surface area contributed by atoms with Crippen molar-refractivity contribution in [3.63, 3.8) is 0 Å². The van der Waals surface area contributed by atoms with Gasteiger partial charge in [-0.3, -0.25) is 4.84 Å². The van der Waals surface area contributed by atoms with Crippen molar-refractivity contribution in [3.8, 4) is 11.5 Å². The fourth-order valence-electron chi connectivity index (χ4n) is 3.37. The quantitative estimate of drug-likeness (QED) is 0.313. The summed E-state index contributed by atoms with van der Waals surface area (Å²) < 4.78 is 11.9. The molecule has 186 valence electrons. The Hall–Kier alpha value is -4.00. The number of nitrogens with one attached hydrogen (secondary N) is 1. The Morgan fingerprint density at radius 2 is 1.61 bits per heavy atom. The van der Waals surface area contributed by atoms with Gasteiger partial charge >= 0.3 is 17.6 Å². The number of anilines is 1. The number of rotatable bonds is 6. The smallest absolute Gasteiger partial charge is 0.439 e. The van der Waals surface area contributed by atoms with Crippen LogP contribution in [-0.4, -0.2) is 30.9 Å². The molecule has 0 aliphatic carbocycles. The standard InChI is InChI=1S/C22H19Cl2N6O6/c1-11(19-21(31)35-27-29(19)15-7-5-13(23)9-17(15)33-3)25-26-12(2)20-22(32)36-28-30(20)16-8-6-14(24)10-18(16)34-4/h5-10,27H,1-4H3/q+1/b19-11-,20-12+,26-25+. The molecule has 1 saturated heterocycles. The molecular weight excluding hydrogens is 515 g/mol. The van der Waals surface area contributed by atoms with E-state index >= 15 is 0 Å². The van der Waals surface area contributed by atoms with E-state index in [4.69, 9.17) is 42.4 Å². The second kappa shape index (κ2) is 10.3. The first-order valence-electron chi connectivity index (χ1n) is 10.2. The lowest BCUT2D eigenvalue weighted by Crippen LogP contribution is -2.29. The number of hydrogen-bond acceptors (Lipinski definition) is 11. The van der Waals surface area contributed by atoms with E-state index in [1.807, 2.05) is 0 Å². The molecule has 12 nitrogen and oxygen atoms in total. The molecular formula is C22H19Cl2N6O6+. The predicted molar refractivity (Wildman–Crippen MR) is 126 cm³/mol. The number of carbonyl (C=O) groups is 2. The lowest BCUT2D eigenvalue weighted by molar-refractivity contribution is -0.465. The van der Waals surface area contributed by atoms with E-state index in [1.54, 1.807) is 50.2 Å². The first kappa shape index (κ1) is 25.1. The summed E-state index contributed by atoms with van der Waals surface area (Å²) in [5, 5.41) is 14.3. The SMILES string of the molecule is COc1cc(Cl)ccc1N1NOC(=O)/C1=C(C)/N=N/C(C)=C1\C(=O)ON=[N+]1c1ccc(Cl)cc1OC. The fraction of sp³-hybridized carbons (Fsp3) is 0.182. The molecule has 0 radical (unpaired) electrons. The summed E-state index contributed by atoms with van der Waals surface area (Å²) in [5.74, 6) is -0.700. The number of hydrazine groups is 1. The Morgan fingerprint density at radius 1 is 0.972 bits per heavy atom. The molecule has 2 aliphatic heterocycles. The van der Waals surface area contributed by atoms with E-state index in [0.29, 0.717) is 32.9 Å². The maximum atomic E-state index is 12.5. The second-order valence-electron chi connectivity index (χ2n) is 7.29. The van der Waals surface area contributed by atoms with Gasteiger partial charge in [-0.25, -0.2) is 14.6 Å². The van der Waals surface area contributed by atoms with Crippen LogP contribution in [0.5, 0.6) is 11.5 Å². The number of halogens is 2. The van der Waals surface area contributed by atoms with E-state index in [1.165, 1.54) is 23.9 Å². The summed E-state index contributed by atoms with van der Waals surface area (Å²) in [6, 6.07) is 9.64. The highest BCUT2D eigenvalue weighted by Gasteiger charge is 2.41. The van der Waals surface area contributed by atoms with Crippen molar-refractivity contribution in [2.75, 3.05) is 19.2 Å². The Bertz CT molecular complexity index is 1390. The minimum Gasteiger partial charge on any atom is -0.494 e. The van der Waals surface area contributed by atoms with Gasteiger partial charge in [0.2, 0.25) is 5.28 Å². The zero-order chi connectivity index (χ0) is 26.0. The molecule has 36 heavy (non-hydrogen) atoms. The number of allylic oxidation sites excluding steroid dienone is 2. The third kappa shape index (κ3) is 4.73. The van der Waals surface area contributed by atoms with Crippen molar-refractivity contribution in [1.29, 1.82) is 0 Å². The summed E-state index contributed by atoms with van der Waals surface area (Å²) in [6.07, 6.45) is 0. The molecule has 2 aromatic carbocycles. The molecule has 2 aromatic rings. The van der Waals surface area contributed by atoms with Crippen molar-refractivity contribution in [3.05, 3.63) is 69.2 Å². The van der Waals surface area contributed by atoms with E-state index in [9.17, 15) is 9.59 Å². The highest BCUT2D eigenvalue weighted by molar-refractivity contribution is 6.31. The summed E-state index contributed by atoms with van der Waals surface area (Å²) in [5.41, 5.74) is 3.75. The van der Waals surface area contributed by atoms with Crippen LogP contribution in [0.4, 0.5) is 11.4 Å². The summed E-state index contributed by atoms with van der Waals surface area (Å²) in [7, 11) is 2.92. The van der Waals surface area contributed by atoms with Crippen LogP contribution in [-0.2, 0) is 19.3 Å². The van der Waals surface area contributed by atoms with Crippen LogP contribution in [0.1, 0.15) is 13.8 Å². The molecule has 0 spiro atoms. The van der Waals surface area contributed by atoms with Gasteiger partial charge < -0.3 is 14.3 Å². The van der Waals surface area contributed by atoms with Crippen molar-refractivity contribution in [2.45, 2.75) is 13.8 Å². The zero-order valence-electron chi connectivity index (χ0n) is 19.4. The van der Waals surface area contributed by atoms with Gasteiger partial charge in [0, 0.05) is 32.9 Å². The van der Waals surface area contributed by atoms with Crippen molar-refractivity contribution >= 4 is 46.5 Å². The molecule has 1 N–H and O–H groups in total. The molecule has 1 fully saturated rings. The molecule has 0 amide bonds. The first-order valence-corrected chi connectivity index (χ1v) is 11.0. The van der Waals surface area contributed by atoms with Gasteiger partial charge in [-0.2, -0.15) is 5.11 Å². The van der Waals surface area contributed by atoms with E-state index < -0.39 is 11.9 Å². The number of carbonyl (C=O) groups excluding carboxylic acids is 2. The first-order chi connectivity index (χ1) is 17.2. The third-order valence-electron chi connectivity index (χ3n) is 5.05. The van der Waals surface area contributed by atoms with Crippen LogP contribution in [0.15, 0.2) is 74.7 Å². The molecule has 2 heterocycles. The Kier molecular flexibility index (Phi) is 7.20. The fourth-order valence-corrected chi connectivity index (χ4v) is 3.70. The zero-order valence-corrected chi connectivity index (χ0v) is 20.9. The number of hydrogen-bond donors (Lipinski definition) is 1. The number of benzene rings is 2. The maximum absolute atomic E-state index is 12.5. The van der Waals surface area contributed by atoms with Crippen molar-refractivity contribution in [2.24, 2.45) is 15.5 Å². The van der Waals surface area contributed by atoms with Gasteiger partial charge in [0.25, 0.3) is 5.69 Å². The lowest BCUT2D eigenvalue weighted by atomic mass is 10.2. The van der Waals surface area contributed by atoms with Crippen LogP contribution in [0.25, 0.3) is 0 Å². The second-order valence-corrected chi connectivity index (χ2v) is 8.16. The molecule has 0 unspecified atom stereocenters. The van der Waals surface area contributed by atoms with E-state index in [-0.39, 0.29) is 22.8 Å². The van der Waals surface area contributed by atoms with Gasteiger partial charge in [-0.05, 0) is 32.0 Å². The van der Waals surface area contributed by atoms with Gasteiger partial charge in [0.15, 0.2) is 11.4 Å². The summed E-state index contributed by atoms with van der Waals surface area (Å²) in [6.45, 7) is 3.09. The highest BCUT2D eigenvalue weighted by atomic mass is 35.5.